The van der Waals surface area contributed by atoms with Gasteiger partial charge in [-0.05, 0) is 36.4 Å². The van der Waals surface area contributed by atoms with Crippen molar-refractivity contribution in [2.45, 2.75) is 13.0 Å². The third-order valence-corrected chi connectivity index (χ3v) is 2.58. The first kappa shape index (κ1) is 12.9. The number of carboxylic acids is 1. The highest BCUT2D eigenvalue weighted by Crippen LogP contribution is 2.15. The van der Waals surface area contributed by atoms with E-state index in [1.54, 1.807) is 18.2 Å². The van der Waals surface area contributed by atoms with Crippen LogP contribution in [-0.2, 0) is 11.3 Å². The van der Waals surface area contributed by atoms with E-state index in [-0.39, 0.29) is 24.3 Å². The molecule has 0 amide bonds. The van der Waals surface area contributed by atoms with Crippen molar-refractivity contribution < 1.29 is 14.3 Å². The number of hydrogen-bond acceptors (Lipinski definition) is 3. The van der Waals surface area contributed by atoms with Crippen LogP contribution in [0.15, 0.2) is 36.4 Å². The van der Waals surface area contributed by atoms with Crippen LogP contribution in [0.2, 0.25) is 0 Å². The topological polar surface area (TPSA) is 79.0 Å². The Labute approximate surface area is 108 Å². The highest BCUT2D eigenvalue weighted by molar-refractivity contribution is 5.66. The molecule has 0 spiro atoms. The zero-order valence-corrected chi connectivity index (χ0v) is 10.0. The minimum atomic E-state index is -0.944. The molecule has 5 nitrogen and oxygen atoms in total. The monoisotopic (exact) mass is 261 g/mol. The minimum absolute atomic E-state index is 0.101. The molecule has 98 valence electrons. The zero-order valence-electron chi connectivity index (χ0n) is 10.0. The van der Waals surface area contributed by atoms with E-state index in [2.05, 4.69) is 5.10 Å². The van der Waals surface area contributed by atoms with Crippen LogP contribution in [-0.4, -0.2) is 20.9 Å². The van der Waals surface area contributed by atoms with Crippen molar-refractivity contribution >= 4 is 5.97 Å². The minimum Gasteiger partial charge on any atom is -0.481 e. The molecule has 0 saturated heterocycles. The molecule has 0 aliphatic heterocycles. The van der Waals surface area contributed by atoms with Crippen LogP contribution >= 0.6 is 0 Å². The predicted molar refractivity (Wildman–Crippen MR) is 65.7 cm³/mol. The van der Waals surface area contributed by atoms with Gasteiger partial charge in [-0.2, -0.15) is 5.10 Å². The van der Waals surface area contributed by atoms with E-state index in [0.717, 1.165) is 0 Å². The molecule has 0 unspecified atom stereocenters. The summed E-state index contributed by atoms with van der Waals surface area (Å²) in [6.07, 6.45) is -0.101. The van der Waals surface area contributed by atoms with Crippen molar-refractivity contribution in [1.29, 1.82) is 5.41 Å². The van der Waals surface area contributed by atoms with Crippen LogP contribution in [0.5, 0.6) is 0 Å². The number of rotatable bonds is 4. The van der Waals surface area contributed by atoms with Gasteiger partial charge in [0.15, 0.2) is 0 Å². The van der Waals surface area contributed by atoms with Crippen LogP contribution in [0.3, 0.4) is 0 Å². The van der Waals surface area contributed by atoms with Crippen LogP contribution in [0.1, 0.15) is 6.42 Å². The van der Waals surface area contributed by atoms with Gasteiger partial charge in [0.05, 0.1) is 18.7 Å². The summed E-state index contributed by atoms with van der Waals surface area (Å²) in [5, 5.41) is 20.5. The van der Waals surface area contributed by atoms with E-state index in [0.29, 0.717) is 11.3 Å². The molecule has 0 fully saturated rings. The van der Waals surface area contributed by atoms with E-state index in [9.17, 15) is 9.18 Å². The third-order valence-electron chi connectivity index (χ3n) is 2.58. The van der Waals surface area contributed by atoms with Crippen molar-refractivity contribution in [1.82, 2.24) is 9.78 Å². The summed E-state index contributed by atoms with van der Waals surface area (Å²) >= 11 is 0. The summed E-state index contributed by atoms with van der Waals surface area (Å²) in [6.45, 7) is 0.128. The van der Waals surface area contributed by atoms with Gasteiger partial charge in [0.2, 0.25) is 0 Å². The Bertz CT molecular complexity index is 650. The molecule has 2 rings (SSSR count). The second-order valence-corrected chi connectivity index (χ2v) is 3.98. The summed E-state index contributed by atoms with van der Waals surface area (Å²) < 4.78 is 14.1. The van der Waals surface area contributed by atoms with Gasteiger partial charge in [-0.3, -0.25) is 10.2 Å². The third kappa shape index (κ3) is 3.25. The Kier molecular flexibility index (Phi) is 3.70. The molecule has 6 heteroatoms. The van der Waals surface area contributed by atoms with Gasteiger partial charge in [-0.15, -0.1) is 0 Å². The standard InChI is InChI=1S/C13H12FN3O2/c14-10-3-1-9(2-4-10)11-5-6-12(15)17(16-11)8-7-13(18)19/h1-6,15H,7-8H2,(H,18,19). The summed E-state index contributed by atoms with van der Waals surface area (Å²) in [5.41, 5.74) is 1.42. The normalized spacial score (nSPS) is 10.4. The zero-order chi connectivity index (χ0) is 13.8. The second kappa shape index (κ2) is 5.43. The summed E-state index contributed by atoms with van der Waals surface area (Å²) in [7, 11) is 0. The lowest BCUT2D eigenvalue weighted by Gasteiger charge is -2.07. The number of halogens is 1. The average molecular weight is 261 g/mol. The van der Waals surface area contributed by atoms with Gasteiger partial charge >= 0.3 is 5.97 Å². The van der Waals surface area contributed by atoms with E-state index in [4.69, 9.17) is 10.5 Å². The first-order valence-corrected chi connectivity index (χ1v) is 5.67. The summed E-state index contributed by atoms with van der Waals surface area (Å²) in [4.78, 5) is 10.5. The quantitative estimate of drug-likeness (QED) is 0.878. The molecule has 19 heavy (non-hydrogen) atoms. The van der Waals surface area contributed by atoms with Crippen molar-refractivity contribution in [2.24, 2.45) is 0 Å². The van der Waals surface area contributed by atoms with Crippen molar-refractivity contribution in [3.63, 3.8) is 0 Å². The van der Waals surface area contributed by atoms with Gasteiger partial charge in [-0.25, -0.2) is 9.07 Å². The Balaban J connectivity index is 2.32. The fourth-order valence-corrected chi connectivity index (χ4v) is 1.61. The van der Waals surface area contributed by atoms with Gasteiger partial charge in [-0.1, -0.05) is 0 Å². The van der Waals surface area contributed by atoms with Crippen molar-refractivity contribution in [3.05, 3.63) is 47.7 Å². The number of nitrogens with zero attached hydrogens (tertiary/aromatic N) is 2. The Morgan fingerprint density at radius 2 is 1.95 bits per heavy atom. The molecule has 0 radical (unpaired) electrons. The highest BCUT2D eigenvalue weighted by atomic mass is 19.1. The Hall–Kier alpha value is -2.50. The van der Waals surface area contributed by atoms with E-state index in [1.807, 2.05) is 0 Å². The van der Waals surface area contributed by atoms with Crippen LogP contribution in [0, 0.1) is 11.2 Å². The number of hydrogen-bond donors (Lipinski definition) is 2. The largest absolute Gasteiger partial charge is 0.481 e. The number of aliphatic carboxylic acids is 1. The molecule has 0 bridgehead atoms. The molecular weight excluding hydrogens is 249 g/mol. The van der Waals surface area contributed by atoms with Crippen molar-refractivity contribution in [3.8, 4) is 11.3 Å². The second-order valence-electron chi connectivity index (χ2n) is 3.98. The van der Waals surface area contributed by atoms with Crippen molar-refractivity contribution in [2.75, 3.05) is 0 Å². The van der Waals surface area contributed by atoms with Crippen LogP contribution in [0.4, 0.5) is 4.39 Å². The molecule has 1 aromatic heterocycles. The maximum Gasteiger partial charge on any atom is 0.305 e. The Morgan fingerprint density at radius 1 is 1.26 bits per heavy atom. The van der Waals surface area contributed by atoms with Crippen LogP contribution < -0.4 is 5.49 Å². The number of nitrogens with one attached hydrogen (secondary N) is 1. The lowest BCUT2D eigenvalue weighted by Crippen LogP contribution is -2.23. The SMILES string of the molecule is N=c1ccc(-c2ccc(F)cc2)nn1CCC(=O)O. The molecule has 2 N–H and O–H groups in total. The molecule has 0 saturated carbocycles. The first-order chi connectivity index (χ1) is 9.06. The molecule has 1 aromatic carbocycles. The number of aryl methyl sites for hydroxylation is 1. The average Bonchev–Trinajstić information content (AvgIpc) is 2.39. The molecule has 0 atom stereocenters. The van der Waals surface area contributed by atoms with Gasteiger partial charge in [0, 0.05) is 5.56 Å². The summed E-state index contributed by atoms with van der Waals surface area (Å²) in [6, 6.07) is 9.01. The number of benzene rings is 1. The van der Waals surface area contributed by atoms with Crippen LogP contribution in [0.25, 0.3) is 11.3 Å². The molecular formula is C13H12FN3O2. The fourth-order valence-electron chi connectivity index (χ4n) is 1.61. The number of aromatic nitrogens is 2. The lowest BCUT2D eigenvalue weighted by molar-refractivity contribution is -0.137. The Morgan fingerprint density at radius 3 is 2.58 bits per heavy atom. The molecule has 0 aliphatic rings. The van der Waals surface area contributed by atoms with E-state index in [1.165, 1.54) is 22.9 Å². The smallest absolute Gasteiger partial charge is 0.305 e. The lowest BCUT2D eigenvalue weighted by atomic mass is 10.1. The number of carbonyl (C=O) groups is 1. The number of carboxylic acid groups (broad SMARTS) is 1. The maximum absolute atomic E-state index is 12.8. The van der Waals surface area contributed by atoms with Gasteiger partial charge in [0.25, 0.3) is 0 Å². The fraction of sp³-hybridized carbons (Fsp3) is 0.154. The molecule has 1 heterocycles. The first-order valence-electron chi connectivity index (χ1n) is 5.67. The maximum atomic E-state index is 12.8. The molecule has 0 aliphatic carbocycles. The molecule has 2 aromatic rings. The van der Waals surface area contributed by atoms with Gasteiger partial charge < -0.3 is 5.11 Å². The predicted octanol–water partition coefficient (Wildman–Crippen LogP) is 1.64. The van der Waals surface area contributed by atoms with E-state index >= 15 is 0 Å². The van der Waals surface area contributed by atoms with Gasteiger partial charge in [0.1, 0.15) is 11.3 Å². The van der Waals surface area contributed by atoms with E-state index < -0.39 is 5.97 Å². The summed E-state index contributed by atoms with van der Waals surface area (Å²) in [5.74, 6) is -1.28. The highest BCUT2D eigenvalue weighted by Gasteiger charge is 2.04.